The molecule has 0 aliphatic rings. The molecule has 0 saturated heterocycles. The van der Waals surface area contributed by atoms with E-state index >= 15 is 0 Å². The van der Waals surface area contributed by atoms with E-state index in [1.54, 1.807) is 38.1 Å². The lowest BCUT2D eigenvalue weighted by Gasteiger charge is -2.24. The van der Waals surface area contributed by atoms with Gasteiger partial charge in [-0.1, -0.05) is 17.7 Å². The van der Waals surface area contributed by atoms with Gasteiger partial charge in [0.25, 0.3) is 0 Å². The van der Waals surface area contributed by atoms with E-state index in [1.807, 2.05) is 46.8 Å². The van der Waals surface area contributed by atoms with Crippen LogP contribution in [0.5, 0.6) is 5.75 Å². The fourth-order valence-electron chi connectivity index (χ4n) is 2.93. The minimum Gasteiger partial charge on any atom is -0.491 e. The number of nitrogens with one attached hydrogen (secondary N) is 2. The molecule has 2 amide bonds. The normalized spacial score (nSPS) is 11.3. The molecule has 0 aromatic heterocycles. The maximum Gasteiger partial charge on any atom is 0.239 e. The minimum absolute atomic E-state index is 0.0803. The molecule has 28 heavy (non-hydrogen) atoms. The molecular formula is C23H30N2O3. The first-order valence-electron chi connectivity index (χ1n) is 9.48. The smallest absolute Gasteiger partial charge is 0.239 e. The summed E-state index contributed by atoms with van der Waals surface area (Å²) in [6, 6.07) is 11.1. The van der Waals surface area contributed by atoms with Gasteiger partial charge in [0, 0.05) is 11.4 Å². The van der Waals surface area contributed by atoms with Gasteiger partial charge in [-0.25, -0.2) is 0 Å². The number of benzene rings is 2. The van der Waals surface area contributed by atoms with Crippen molar-refractivity contribution in [3.05, 3.63) is 53.1 Å². The quantitative estimate of drug-likeness (QED) is 0.691. The summed E-state index contributed by atoms with van der Waals surface area (Å²) < 4.78 is 5.60. The highest BCUT2D eigenvalue weighted by molar-refractivity contribution is 6.14. The van der Waals surface area contributed by atoms with Gasteiger partial charge < -0.3 is 15.4 Å². The van der Waals surface area contributed by atoms with Crippen LogP contribution >= 0.6 is 0 Å². The molecule has 2 aromatic carbocycles. The lowest BCUT2D eigenvalue weighted by molar-refractivity contribution is -0.135. The SMILES string of the molecule is Cc1cc(C)c(NC(=O)C(C)(C)C(=O)Nc2ccc(OC(C)C)cc2)c(C)c1. The van der Waals surface area contributed by atoms with Crippen molar-refractivity contribution < 1.29 is 14.3 Å². The zero-order chi connectivity index (χ0) is 21.1. The number of ether oxygens (including phenoxy) is 1. The number of carbonyl (C=O) groups excluding carboxylic acids is 2. The summed E-state index contributed by atoms with van der Waals surface area (Å²) >= 11 is 0. The van der Waals surface area contributed by atoms with Gasteiger partial charge in [-0.3, -0.25) is 9.59 Å². The molecule has 0 fully saturated rings. The van der Waals surface area contributed by atoms with Crippen LogP contribution in [0.4, 0.5) is 11.4 Å². The predicted molar refractivity (Wildman–Crippen MR) is 114 cm³/mol. The third kappa shape index (κ3) is 5.12. The average Bonchev–Trinajstić information content (AvgIpc) is 2.58. The summed E-state index contributed by atoms with van der Waals surface area (Å²) in [5, 5.41) is 5.74. The molecule has 0 atom stereocenters. The Labute approximate surface area is 167 Å². The van der Waals surface area contributed by atoms with Gasteiger partial charge in [-0.05, 0) is 83.9 Å². The molecule has 2 rings (SSSR count). The molecule has 2 aromatic rings. The van der Waals surface area contributed by atoms with Gasteiger partial charge in [0.1, 0.15) is 11.2 Å². The van der Waals surface area contributed by atoms with Crippen LogP contribution in [-0.2, 0) is 9.59 Å². The minimum atomic E-state index is -1.24. The fraction of sp³-hybridized carbons (Fsp3) is 0.391. The van der Waals surface area contributed by atoms with E-state index < -0.39 is 5.41 Å². The molecule has 0 aliphatic heterocycles. The second-order valence-corrected chi connectivity index (χ2v) is 8.00. The van der Waals surface area contributed by atoms with Crippen molar-refractivity contribution >= 4 is 23.2 Å². The number of hydrogen-bond donors (Lipinski definition) is 2. The largest absolute Gasteiger partial charge is 0.491 e. The molecule has 0 unspecified atom stereocenters. The first-order valence-corrected chi connectivity index (χ1v) is 9.48. The Morgan fingerprint density at radius 2 is 1.39 bits per heavy atom. The van der Waals surface area contributed by atoms with Crippen molar-refractivity contribution in [1.82, 2.24) is 0 Å². The summed E-state index contributed by atoms with van der Waals surface area (Å²) in [5.74, 6) is 0.0140. The first kappa shape index (κ1) is 21.5. The van der Waals surface area contributed by atoms with Crippen LogP contribution in [0.2, 0.25) is 0 Å². The van der Waals surface area contributed by atoms with Crippen LogP contribution in [-0.4, -0.2) is 17.9 Å². The third-order valence-corrected chi connectivity index (χ3v) is 4.53. The van der Waals surface area contributed by atoms with Crippen LogP contribution in [0.25, 0.3) is 0 Å². The summed E-state index contributed by atoms with van der Waals surface area (Å²) in [7, 11) is 0. The number of carbonyl (C=O) groups is 2. The molecule has 5 nitrogen and oxygen atoms in total. The second-order valence-electron chi connectivity index (χ2n) is 8.00. The van der Waals surface area contributed by atoms with Crippen LogP contribution in [0.3, 0.4) is 0 Å². The Hall–Kier alpha value is -2.82. The van der Waals surface area contributed by atoms with Crippen molar-refractivity contribution in [2.75, 3.05) is 10.6 Å². The third-order valence-electron chi connectivity index (χ3n) is 4.53. The van der Waals surface area contributed by atoms with Crippen molar-refractivity contribution in [3.8, 4) is 5.75 Å². The Balaban J connectivity index is 2.10. The topological polar surface area (TPSA) is 67.4 Å². The van der Waals surface area contributed by atoms with E-state index in [1.165, 1.54) is 0 Å². The van der Waals surface area contributed by atoms with Crippen molar-refractivity contribution in [2.45, 2.75) is 54.6 Å². The van der Waals surface area contributed by atoms with Crippen molar-refractivity contribution in [2.24, 2.45) is 5.41 Å². The monoisotopic (exact) mass is 382 g/mol. The zero-order valence-corrected chi connectivity index (χ0v) is 17.8. The molecule has 0 heterocycles. The highest BCUT2D eigenvalue weighted by atomic mass is 16.5. The molecule has 0 radical (unpaired) electrons. The van der Waals surface area contributed by atoms with Gasteiger partial charge in [0.15, 0.2) is 0 Å². The standard InChI is InChI=1S/C23H30N2O3/c1-14(2)28-19-10-8-18(9-11-19)24-21(26)23(6,7)22(27)25-20-16(4)12-15(3)13-17(20)5/h8-14H,1-7H3,(H,24,26)(H,25,27). The maximum atomic E-state index is 12.8. The second kappa shape index (κ2) is 8.46. The Bertz CT molecular complexity index is 845. The van der Waals surface area contributed by atoms with Gasteiger partial charge in [0.2, 0.25) is 11.8 Å². The molecule has 0 aliphatic carbocycles. The molecule has 5 heteroatoms. The number of anilines is 2. The van der Waals surface area contributed by atoms with E-state index in [-0.39, 0.29) is 17.9 Å². The molecule has 0 bridgehead atoms. The van der Waals surface area contributed by atoms with E-state index in [0.717, 1.165) is 28.1 Å². The summed E-state index contributed by atoms with van der Waals surface area (Å²) in [5.41, 5.74) is 3.22. The van der Waals surface area contributed by atoms with Crippen molar-refractivity contribution in [3.63, 3.8) is 0 Å². The summed E-state index contributed by atoms with van der Waals surface area (Å²) in [6.45, 7) is 13.1. The summed E-state index contributed by atoms with van der Waals surface area (Å²) in [4.78, 5) is 25.6. The zero-order valence-electron chi connectivity index (χ0n) is 17.8. The Kier molecular flexibility index (Phi) is 6.49. The van der Waals surface area contributed by atoms with Crippen LogP contribution < -0.4 is 15.4 Å². The predicted octanol–water partition coefficient (Wildman–Crippen LogP) is 5.00. The first-order chi connectivity index (χ1) is 13.0. The lowest BCUT2D eigenvalue weighted by Crippen LogP contribution is -2.41. The highest BCUT2D eigenvalue weighted by Gasteiger charge is 2.36. The van der Waals surface area contributed by atoms with E-state index in [4.69, 9.17) is 4.74 Å². The van der Waals surface area contributed by atoms with E-state index in [0.29, 0.717) is 5.69 Å². The Morgan fingerprint density at radius 1 is 0.893 bits per heavy atom. The molecule has 0 spiro atoms. The highest BCUT2D eigenvalue weighted by Crippen LogP contribution is 2.27. The van der Waals surface area contributed by atoms with Gasteiger partial charge >= 0.3 is 0 Å². The average molecular weight is 383 g/mol. The van der Waals surface area contributed by atoms with E-state index in [9.17, 15) is 9.59 Å². The number of rotatable bonds is 6. The molecule has 150 valence electrons. The number of aryl methyl sites for hydroxylation is 3. The molecule has 0 saturated carbocycles. The van der Waals surface area contributed by atoms with E-state index in [2.05, 4.69) is 10.6 Å². The van der Waals surface area contributed by atoms with Gasteiger partial charge in [-0.2, -0.15) is 0 Å². The van der Waals surface area contributed by atoms with Gasteiger partial charge in [0.05, 0.1) is 6.10 Å². The fourth-order valence-corrected chi connectivity index (χ4v) is 2.93. The molecular weight excluding hydrogens is 352 g/mol. The van der Waals surface area contributed by atoms with Crippen LogP contribution in [0, 0.1) is 26.2 Å². The van der Waals surface area contributed by atoms with Gasteiger partial charge in [-0.15, -0.1) is 0 Å². The Morgan fingerprint density at radius 3 is 1.89 bits per heavy atom. The number of amides is 2. The maximum absolute atomic E-state index is 12.8. The van der Waals surface area contributed by atoms with Crippen LogP contribution in [0.1, 0.15) is 44.4 Å². The van der Waals surface area contributed by atoms with Crippen LogP contribution in [0.15, 0.2) is 36.4 Å². The lowest BCUT2D eigenvalue weighted by atomic mass is 9.90. The summed E-state index contributed by atoms with van der Waals surface area (Å²) in [6.07, 6.45) is 0.0803. The number of hydrogen-bond acceptors (Lipinski definition) is 3. The molecule has 2 N–H and O–H groups in total. The van der Waals surface area contributed by atoms with Crippen molar-refractivity contribution in [1.29, 1.82) is 0 Å².